The zero-order chi connectivity index (χ0) is 17.0. The lowest BCUT2D eigenvalue weighted by Crippen LogP contribution is -2.30. The zero-order valence-electron chi connectivity index (χ0n) is 14.5. The van der Waals surface area contributed by atoms with Crippen LogP contribution >= 0.6 is 0 Å². The molecule has 3 rings (SSSR count). The number of aryl methyl sites for hydroxylation is 4. The van der Waals surface area contributed by atoms with E-state index in [0.717, 1.165) is 33.4 Å². The monoisotopic (exact) mass is 307 g/mol. The minimum Gasteiger partial charge on any atom is -0.268 e. The molecule has 2 aromatic rings. The Hall–Kier alpha value is -2.42. The van der Waals surface area contributed by atoms with Gasteiger partial charge in [0.15, 0.2) is 0 Å². The second-order valence-electron chi connectivity index (χ2n) is 6.56. The van der Waals surface area contributed by atoms with E-state index in [2.05, 4.69) is 6.07 Å². The number of amides is 2. The SMILES string of the molecule is Cc1cc(C)c(C)c(N2C(=O)c3c(C)cc(C)c(C)c3C2=O)c1. The highest BCUT2D eigenvalue weighted by molar-refractivity contribution is 6.35. The maximum atomic E-state index is 13.0. The average molecular weight is 307 g/mol. The highest BCUT2D eigenvalue weighted by Gasteiger charge is 2.40. The molecular weight excluding hydrogens is 286 g/mol. The number of hydrogen-bond acceptors (Lipinski definition) is 2. The number of carbonyl (C=O) groups is 2. The summed E-state index contributed by atoms with van der Waals surface area (Å²) in [5.41, 5.74) is 7.72. The van der Waals surface area contributed by atoms with Gasteiger partial charge >= 0.3 is 0 Å². The Morgan fingerprint density at radius 1 is 0.652 bits per heavy atom. The third-order valence-electron chi connectivity index (χ3n) is 4.90. The predicted molar refractivity (Wildman–Crippen MR) is 92.4 cm³/mol. The molecule has 0 bridgehead atoms. The van der Waals surface area contributed by atoms with E-state index in [-0.39, 0.29) is 11.8 Å². The second-order valence-corrected chi connectivity index (χ2v) is 6.56. The molecule has 0 fully saturated rings. The van der Waals surface area contributed by atoms with Crippen molar-refractivity contribution in [2.45, 2.75) is 41.5 Å². The maximum absolute atomic E-state index is 13.0. The molecule has 2 aromatic carbocycles. The Morgan fingerprint density at radius 2 is 1.22 bits per heavy atom. The number of carbonyl (C=O) groups excluding carboxylic acids is 2. The molecule has 0 unspecified atom stereocenters. The molecule has 1 heterocycles. The molecule has 23 heavy (non-hydrogen) atoms. The predicted octanol–water partition coefficient (Wildman–Crippen LogP) is 4.34. The van der Waals surface area contributed by atoms with Gasteiger partial charge in [0.2, 0.25) is 0 Å². The van der Waals surface area contributed by atoms with Crippen molar-refractivity contribution >= 4 is 17.5 Å². The van der Waals surface area contributed by atoms with Gasteiger partial charge in [-0.3, -0.25) is 9.59 Å². The Kier molecular flexibility index (Phi) is 3.40. The summed E-state index contributed by atoms with van der Waals surface area (Å²) in [7, 11) is 0. The summed E-state index contributed by atoms with van der Waals surface area (Å²) in [6.07, 6.45) is 0. The summed E-state index contributed by atoms with van der Waals surface area (Å²) >= 11 is 0. The molecule has 3 nitrogen and oxygen atoms in total. The summed E-state index contributed by atoms with van der Waals surface area (Å²) in [4.78, 5) is 27.3. The summed E-state index contributed by atoms with van der Waals surface area (Å²) < 4.78 is 0. The van der Waals surface area contributed by atoms with Crippen LogP contribution in [0.2, 0.25) is 0 Å². The first kappa shape index (κ1) is 15.5. The van der Waals surface area contributed by atoms with Crippen LogP contribution in [0.5, 0.6) is 0 Å². The van der Waals surface area contributed by atoms with E-state index in [1.165, 1.54) is 4.90 Å². The van der Waals surface area contributed by atoms with E-state index < -0.39 is 0 Å². The molecule has 3 heteroatoms. The van der Waals surface area contributed by atoms with E-state index in [4.69, 9.17) is 0 Å². The molecule has 0 saturated heterocycles. The van der Waals surface area contributed by atoms with Gasteiger partial charge in [0, 0.05) is 0 Å². The van der Waals surface area contributed by atoms with Gasteiger partial charge in [0.05, 0.1) is 16.8 Å². The van der Waals surface area contributed by atoms with Crippen LogP contribution in [0.1, 0.15) is 54.1 Å². The average Bonchev–Trinajstić information content (AvgIpc) is 2.72. The lowest BCUT2D eigenvalue weighted by molar-refractivity contribution is 0.0925. The van der Waals surface area contributed by atoms with Crippen LogP contribution in [-0.4, -0.2) is 11.8 Å². The van der Waals surface area contributed by atoms with Crippen molar-refractivity contribution < 1.29 is 9.59 Å². The lowest BCUT2D eigenvalue weighted by Gasteiger charge is -2.19. The minimum absolute atomic E-state index is 0.206. The molecule has 0 saturated carbocycles. The van der Waals surface area contributed by atoms with Crippen LogP contribution in [0.3, 0.4) is 0 Å². The fourth-order valence-corrected chi connectivity index (χ4v) is 3.41. The third-order valence-corrected chi connectivity index (χ3v) is 4.90. The Morgan fingerprint density at radius 3 is 1.87 bits per heavy atom. The normalized spacial score (nSPS) is 13.7. The summed E-state index contributed by atoms with van der Waals surface area (Å²) in [5.74, 6) is -0.416. The van der Waals surface area contributed by atoms with Crippen molar-refractivity contribution in [3.63, 3.8) is 0 Å². The fraction of sp³-hybridized carbons (Fsp3) is 0.300. The molecule has 118 valence electrons. The first-order valence-corrected chi connectivity index (χ1v) is 7.81. The summed E-state index contributed by atoms with van der Waals surface area (Å²) in [6.45, 7) is 11.7. The Labute approximate surface area is 136 Å². The standard InChI is InChI=1S/C20H21NO2/c1-10-7-11(2)14(5)16(8-10)21-19(22)17-13(4)9-12(3)15(6)18(17)20(21)23/h7-9H,1-6H3. The third kappa shape index (κ3) is 2.11. The fourth-order valence-electron chi connectivity index (χ4n) is 3.41. The maximum Gasteiger partial charge on any atom is 0.266 e. The van der Waals surface area contributed by atoms with Crippen molar-refractivity contribution in [2.75, 3.05) is 4.90 Å². The van der Waals surface area contributed by atoms with Gasteiger partial charge in [0.25, 0.3) is 11.8 Å². The Bertz CT molecular complexity index is 878. The van der Waals surface area contributed by atoms with E-state index in [0.29, 0.717) is 16.8 Å². The van der Waals surface area contributed by atoms with Crippen molar-refractivity contribution in [3.8, 4) is 0 Å². The van der Waals surface area contributed by atoms with E-state index in [1.807, 2.05) is 53.7 Å². The zero-order valence-corrected chi connectivity index (χ0v) is 14.5. The quantitative estimate of drug-likeness (QED) is 0.735. The number of benzene rings is 2. The molecule has 0 atom stereocenters. The smallest absolute Gasteiger partial charge is 0.266 e. The molecular formula is C20H21NO2. The molecule has 1 aliphatic heterocycles. The van der Waals surface area contributed by atoms with Crippen LogP contribution in [-0.2, 0) is 0 Å². The number of nitrogens with zero attached hydrogens (tertiary/aromatic N) is 1. The molecule has 1 aliphatic rings. The van der Waals surface area contributed by atoms with E-state index in [1.54, 1.807) is 0 Å². The van der Waals surface area contributed by atoms with Crippen LogP contribution in [0.15, 0.2) is 18.2 Å². The number of imide groups is 1. The highest BCUT2D eigenvalue weighted by atomic mass is 16.2. The Balaban J connectivity index is 2.27. The lowest BCUT2D eigenvalue weighted by atomic mass is 9.95. The summed E-state index contributed by atoms with van der Waals surface area (Å²) in [6, 6.07) is 5.97. The first-order valence-electron chi connectivity index (χ1n) is 7.81. The van der Waals surface area contributed by atoms with E-state index in [9.17, 15) is 9.59 Å². The molecule has 2 amide bonds. The van der Waals surface area contributed by atoms with Gasteiger partial charge in [-0.25, -0.2) is 4.90 Å². The molecule has 0 N–H and O–H groups in total. The van der Waals surface area contributed by atoms with Crippen molar-refractivity contribution in [1.29, 1.82) is 0 Å². The number of fused-ring (bicyclic) bond motifs is 1. The van der Waals surface area contributed by atoms with Crippen molar-refractivity contribution in [2.24, 2.45) is 0 Å². The molecule has 0 radical (unpaired) electrons. The van der Waals surface area contributed by atoms with Crippen LogP contribution in [0.4, 0.5) is 5.69 Å². The minimum atomic E-state index is -0.210. The van der Waals surface area contributed by atoms with Gasteiger partial charge in [-0.15, -0.1) is 0 Å². The van der Waals surface area contributed by atoms with Crippen molar-refractivity contribution in [3.05, 3.63) is 62.7 Å². The molecule has 0 aliphatic carbocycles. The molecule has 0 aromatic heterocycles. The van der Waals surface area contributed by atoms with Crippen LogP contribution in [0, 0.1) is 41.5 Å². The van der Waals surface area contributed by atoms with Gasteiger partial charge < -0.3 is 0 Å². The highest BCUT2D eigenvalue weighted by Crippen LogP contribution is 2.36. The largest absolute Gasteiger partial charge is 0.268 e. The first-order chi connectivity index (χ1) is 10.7. The van der Waals surface area contributed by atoms with Crippen LogP contribution < -0.4 is 4.90 Å². The number of hydrogen-bond donors (Lipinski definition) is 0. The van der Waals surface area contributed by atoms with Gasteiger partial charge in [-0.1, -0.05) is 12.1 Å². The number of anilines is 1. The van der Waals surface area contributed by atoms with Gasteiger partial charge in [-0.2, -0.15) is 0 Å². The van der Waals surface area contributed by atoms with Crippen molar-refractivity contribution in [1.82, 2.24) is 0 Å². The van der Waals surface area contributed by atoms with Crippen LogP contribution in [0.25, 0.3) is 0 Å². The number of rotatable bonds is 1. The second kappa shape index (κ2) is 5.05. The summed E-state index contributed by atoms with van der Waals surface area (Å²) in [5, 5.41) is 0. The molecule has 0 spiro atoms. The van der Waals surface area contributed by atoms with Gasteiger partial charge in [0.1, 0.15) is 0 Å². The topological polar surface area (TPSA) is 37.4 Å². The van der Waals surface area contributed by atoms with Gasteiger partial charge in [-0.05, 0) is 81.0 Å². The van der Waals surface area contributed by atoms with E-state index >= 15 is 0 Å².